The van der Waals surface area contributed by atoms with E-state index in [9.17, 15) is 10.1 Å². The van der Waals surface area contributed by atoms with Crippen LogP contribution >= 0.6 is 0 Å². The van der Waals surface area contributed by atoms with Gasteiger partial charge < -0.3 is 0 Å². The molecule has 0 heterocycles. The first-order valence-electron chi connectivity index (χ1n) is 9.05. The van der Waals surface area contributed by atoms with Crippen molar-refractivity contribution in [2.45, 2.75) is 64.7 Å². The predicted molar refractivity (Wildman–Crippen MR) is 81.2 cm³/mol. The SMILES string of the molecule is C[C@]12CC[C@H]3[C@@H](CC[C@@H]4CC(=O)CC[C@@H]43)[C@@H]1CC[C@@H]2C#N. The van der Waals surface area contributed by atoms with Crippen LogP contribution in [0.4, 0.5) is 0 Å². The summed E-state index contributed by atoms with van der Waals surface area (Å²) in [5.41, 5.74) is 0.299. The number of carbonyl (C=O) groups excluding carboxylic acids is 1. The van der Waals surface area contributed by atoms with Gasteiger partial charge in [0.1, 0.15) is 5.78 Å². The molecule has 21 heavy (non-hydrogen) atoms. The van der Waals surface area contributed by atoms with Crippen molar-refractivity contribution < 1.29 is 4.79 Å². The maximum atomic E-state index is 11.8. The van der Waals surface area contributed by atoms with Gasteiger partial charge in [0, 0.05) is 12.8 Å². The number of nitriles is 1. The summed E-state index contributed by atoms with van der Waals surface area (Å²) in [4.78, 5) is 11.8. The molecule has 4 aliphatic rings. The van der Waals surface area contributed by atoms with Gasteiger partial charge in [0.2, 0.25) is 0 Å². The second-order valence-corrected chi connectivity index (χ2v) is 8.52. The monoisotopic (exact) mass is 285 g/mol. The molecular weight excluding hydrogens is 258 g/mol. The average Bonchev–Trinajstić information content (AvgIpc) is 2.83. The van der Waals surface area contributed by atoms with Crippen molar-refractivity contribution in [1.29, 1.82) is 5.26 Å². The largest absolute Gasteiger partial charge is 0.300 e. The zero-order chi connectivity index (χ0) is 14.6. The lowest BCUT2D eigenvalue weighted by molar-refractivity contribution is -0.127. The minimum Gasteiger partial charge on any atom is -0.300 e. The van der Waals surface area contributed by atoms with Crippen LogP contribution in [0.5, 0.6) is 0 Å². The van der Waals surface area contributed by atoms with Crippen LogP contribution in [-0.2, 0) is 4.79 Å². The van der Waals surface area contributed by atoms with Gasteiger partial charge in [0.15, 0.2) is 0 Å². The van der Waals surface area contributed by atoms with Gasteiger partial charge in [-0.15, -0.1) is 0 Å². The molecule has 0 bridgehead atoms. The number of rotatable bonds is 0. The zero-order valence-electron chi connectivity index (χ0n) is 13.2. The van der Waals surface area contributed by atoms with Crippen LogP contribution in [0.3, 0.4) is 0 Å². The lowest BCUT2D eigenvalue weighted by atomic mass is 9.50. The molecule has 2 heteroatoms. The Morgan fingerprint density at radius 1 is 1.05 bits per heavy atom. The maximum Gasteiger partial charge on any atom is 0.133 e. The van der Waals surface area contributed by atoms with Gasteiger partial charge in [-0.2, -0.15) is 5.26 Å². The molecule has 0 unspecified atom stereocenters. The van der Waals surface area contributed by atoms with Crippen LogP contribution in [0, 0.1) is 52.3 Å². The molecule has 0 radical (unpaired) electrons. The van der Waals surface area contributed by atoms with E-state index in [2.05, 4.69) is 13.0 Å². The standard InChI is InChI=1S/C19H27NO/c1-19-9-8-16-15-6-4-14(21)10-12(15)2-5-17(16)18(19)7-3-13(19)11-20/h12-13,15-18H,2-10H2,1H3/t12-,13-,15+,16-,17-,18+,19-/m1/s1. The highest BCUT2D eigenvalue weighted by Gasteiger charge is 2.57. The maximum absolute atomic E-state index is 11.8. The fraction of sp³-hybridized carbons (Fsp3) is 0.895. The van der Waals surface area contributed by atoms with E-state index < -0.39 is 0 Å². The van der Waals surface area contributed by atoms with E-state index in [4.69, 9.17) is 0 Å². The zero-order valence-corrected chi connectivity index (χ0v) is 13.2. The van der Waals surface area contributed by atoms with Crippen molar-refractivity contribution >= 4 is 5.78 Å². The summed E-state index contributed by atoms with van der Waals surface area (Å²) in [6, 6.07) is 2.62. The molecule has 4 fully saturated rings. The summed E-state index contributed by atoms with van der Waals surface area (Å²) in [5.74, 6) is 4.86. The molecular formula is C19H27NO. The Hall–Kier alpha value is -0.840. The van der Waals surface area contributed by atoms with Crippen molar-refractivity contribution in [1.82, 2.24) is 0 Å². The Bertz CT molecular complexity index is 492. The molecule has 114 valence electrons. The minimum absolute atomic E-state index is 0.299. The number of ketones is 1. The topological polar surface area (TPSA) is 40.9 Å². The molecule has 0 aromatic heterocycles. The predicted octanol–water partition coefficient (Wildman–Crippen LogP) is 4.35. The molecule has 0 aliphatic heterocycles. The summed E-state index contributed by atoms with van der Waals surface area (Å²) < 4.78 is 0. The highest BCUT2D eigenvalue weighted by Crippen LogP contribution is 2.63. The van der Waals surface area contributed by atoms with Gasteiger partial charge in [-0.3, -0.25) is 4.79 Å². The van der Waals surface area contributed by atoms with E-state index >= 15 is 0 Å². The molecule has 4 saturated carbocycles. The molecule has 7 atom stereocenters. The normalized spacial score (nSPS) is 52.5. The Morgan fingerprint density at radius 3 is 2.71 bits per heavy atom. The van der Waals surface area contributed by atoms with Crippen LogP contribution in [0.25, 0.3) is 0 Å². The van der Waals surface area contributed by atoms with E-state index in [1.165, 1.54) is 32.1 Å². The highest BCUT2D eigenvalue weighted by molar-refractivity contribution is 5.79. The van der Waals surface area contributed by atoms with E-state index in [0.717, 1.165) is 49.4 Å². The third-order valence-electron chi connectivity index (χ3n) is 7.92. The van der Waals surface area contributed by atoms with Crippen molar-refractivity contribution in [3.05, 3.63) is 0 Å². The number of nitrogens with zero attached hydrogens (tertiary/aromatic N) is 1. The first-order valence-corrected chi connectivity index (χ1v) is 9.05. The molecule has 4 aliphatic carbocycles. The average molecular weight is 285 g/mol. The number of carbonyl (C=O) groups is 1. The van der Waals surface area contributed by atoms with E-state index in [1.54, 1.807) is 0 Å². The van der Waals surface area contributed by atoms with E-state index in [-0.39, 0.29) is 0 Å². The number of Topliss-reactive ketones (excluding diaryl/α,β-unsaturated/α-hetero) is 1. The second kappa shape index (κ2) is 4.83. The summed E-state index contributed by atoms with van der Waals surface area (Å²) >= 11 is 0. The smallest absolute Gasteiger partial charge is 0.133 e. The van der Waals surface area contributed by atoms with Crippen molar-refractivity contribution in [2.75, 3.05) is 0 Å². The van der Waals surface area contributed by atoms with Gasteiger partial charge in [0.05, 0.1) is 12.0 Å². The number of hydrogen-bond donors (Lipinski definition) is 0. The van der Waals surface area contributed by atoms with E-state index in [0.29, 0.717) is 23.0 Å². The van der Waals surface area contributed by atoms with Crippen LogP contribution in [-0.4, -0.2) is 5.78 Å². The van der Waals surface area contributed by atoms with Gasteiger partial charge in [-0.25, -0.2) is 0 Å². The molecule has 0 spiro atoms. The van der Waals surface area contributed by atoms with Crippen LogP contribution in [0.2, 0.25) is 0 Å². The molecule has 0 aromatic carbocycles. The summed E-state index contributed by atoms with van der Waals surface area (Å²) in [7, 11) is 0. The molecule has 0 aromatic rings. The minimum atomic E-state index is 0.299. The number of fused-ring (bicyclic) bond motifs is 5. The third-order valence-corrected chi connectivity index (χ3v) is 7.92. The molecule has 2 nitrogen and oxygen atoms in total. The van der Waals surface area contributed by atoms with Crippen molar-refractivity contribution in [3.63, 3.8) is 0 Å². The molecule has 0 N–H and O–H groups in total. The van der Waals surface area contributed by atoms with Crippen LogP contribution in [0.15, 0.2) is 0 Å². The Kier molecular flexibility index (Phi) is 3.18. The number of hydrogen-bond acceptors (Lipinski definition) is 2. The van der Waals surface area contributed by atoms with Crippen molar-refractivity contribution in [3.8, 4) is 6.07 Å². The highest BCUT2D eigenvalue weighted by atomic mass is 16.1. The van der Waals surface area contributed by atoms with Crippen LogP contribution in [0.1, 0.15) is 64.7 Å². The van der Waals surface area contributed by atoms with Gasteiger partial charge in [0.25, 0.3) is 0 Å². The lowest BCUT2D eigenvalue weighted by Gasteiger charge is -2.55. The molecule has 4 rings (SSSR count). The lowest BCUT2D eigenvalue weighted by Crippen LogP contribution is -2.48. The summed E-state index contributed by atoms with van der Waals surface area (Å²) in [6.07, 6.45) is 10.5. The van der Waals surface area contributed by atoms with Gasteiger partial charge in [-0.05, 0) is 80.0 Å². The first kappa shape index (κ1) is 13.8. The quantitative estimate of drug-likeness (QED) is 0.664. The second-order valence-electron chi connectivity index (χ2n) is 8.52. The molecule has 0 saturated heterocycles. The fourth-order valence-electron chi connectivity index (χ4n) is 6.87. The van der Waals surface area contributed by atoms with Crippen LogP contribution < -0.4 is 0 Å². The molecule has 0 amide bonds. The fourth-order valence-corrected chi connectivity index (χ4v) is 6.87. The van der Waals surface area contributed by atoms with Gasteiger partial charge in [-0.1, -0.05) is 6.92 Å². The Balaban J connectivity index is 1.58. The van der Waals surface area contributed by atoms with Crippen molar-refractivity contribution in [2.24, 2.45) is 40.9 Å². The third kappa shape index (κ3) is 1.92. The first-order chi connectivity index (χ1) is 10.1. The Morgan fingerprint density at radius 2 is 1.90 bits per heavy atom. The van der Waals surface area contributed by atoms with Gasteiger partial charge >= 0.3 is 0 Å². The summed E-state index contributed by atoms with van der Waals surface area (Å²) in [6.45, 7) is 2.41. The summed E-state index contributed by atoms with van der Waals surface area (Å²) in [5, 5.41) is 9.50. The Labute approximate surface area is 128 Å². The van der Waals surface area contributed by atoms with E-state index in [1.807, 2.05) is 0 Å².